The molecule has 4 aromatic rings. The second-order valence-corrected chi connectivity index (χ2v) is 9.73. The van der Waals surface area contributed by atoms with Gasteiger partial charge < -0.3 is 5.32 Å². The molecule has 0 aliphatic rings. The number of carbonyl (C=O) groups excluding carboxylic acids is 1. The fraction of sp³-hybridized carbons (Fsp3) is 0.154. The number of hydrogen-bond donors (Lipinski definition) is 2. The fourth-order valence-electron chi connectivity index (χ4n) is 3.44. The van der Waals surface area contributed by atoms with Crippen LogP contribution >= 0.6 is 0 Å². The Morgan fingerprint density at radius 2 is 1.68 bits per heavy atom. The number of nitrogens with one attached hydrogen (secondary N) is 2. The molecule has 1 amide bonds. The summed E-state index contributed by atoms with van der Waals surface area (Å²) in [5, 5.41) is 7.10. The van der Waals surface area contributed by atoms with Crippen LogP contribution in [0.4, 0.5) is 5.69 Å². The van der Waals surface area contributed by atoms with Crippen LogP contribution in [0.3, 0.4) is 0 Å². The number of aromatic nitrogens is 2. The largest absolute Gasteiger partial charge is 0.352 e. The molecule has 1 heterocycles. The van der Waals surface area contributed by atoms with E-state index in [0.29, 0.717) is 24.2 Å². The summed E-state index contributed by atoms with van der Waals surface area (Å²) in [7, 11) is -3.70. The quantitative estimate of drug-likeness (QED) is 0.399. The first-order valence-corrected chi connectivity index (χ1v) is 12.4. The number of hydrogen-bond acceptors (Lipinski definition) is 4. The van der Waals surface area contributed by atoms with Gasteiger partial charge in [0.1, 0.15) is 0 Å². The average molecular weight is 475 g/mol. The van der Waals surface area contributed by atoms with Crippen molar-refractivity contribution in [2.24, 2.45) is 0 Å². The maximum absolute atomic E-state index is 12.7. The van der Waals surface area contributed by atoms with E-state index in [1.807, 2.05) is 50.4 Å². The number of anilines is 1. The minimum absolute atomic E-state index is 0.204. The minimum atomic E-state index is -3.70. The van der Waals surface area contributed by atoms with Crippen molar-refractivity contribution in [1.29, 1.82) is 0 Å². The maximum Gasteiger partial charge on any atom is 0.261 e. The van der Waals surface area contributed by atoms with Gasteiger partial charge in [-0.15, -0.1) is 0 Å². The first-order chi connectivity index (χ1) is 16.3. The molecule has 8 heteroatoms. The molecule has 0 saturated carbocycles. The van der Waals surface area contributed by atoms with E-state index < -0.39 is 10.0 Å². The van der Waals surface area contributed by atoms with Crippen molar-refractivity contribution in [2.45, 2.75) is 25.2 Å². The van der Waals surface area contributed by atoms with Gasteiger partial charge in [0.25, 0.3) is 15.9 Å². The SMILES string of the molecule is Cc1ccc(S(=O)(=O)Nc2ccc(C(=O)NCCc3ccc(-n4cccn4)cc3)cc2)cc1C. The van der Waals surface area contributed by atoms with Crippen molar-refractivity contribution in [2.75, 3.05) is 11.3 Å². The van der Waals surface area contributed by atoms with Gasteiger partial charge in [-0.05, 0) is 91.6 Å². The van der Waals surface area contributed by atoms with Crippen molar-refractivity contribution < 1.29 is 13.2 Å². The third kappa shape index (κ3) is 5.52. The molecule has 0 fully saturated rings. The van der Waals surface area contributed by atoms with Gasteiger partial charge in [-0.2, -0.15) is 5.10 Å². The second kappa shape index (κ2) is 9.93. The Kier molecular flexibility index (Phi) is 6.79. The molecular formula is C26H26N4O3S. The van der Waals surface area contributed by atoms with Gasteiger partial charge in [0.2, 0.25) is 0 Å². The number of carbonyl (C=O) groups is 1. The lowest BCUT2D eigenvalue weighted by Gasteiger charge is -2.11. The Morgan fingerprint density at radius 1 is 0.941 bits per heavy atom. The van der Waals surface area contributed by atoms with Crippen LogP contribution in [-0.2, 0) is 16.4 Å². The van der Waals surface area contributed by atoms with Gasteiger partial charge in [-0.25, -0.2) is 13.1 Å². The smallest absolute Gasteiger partial charge is 0.261 e. The zero-order chi connectivity index (χ0) is 24.1. The molecule has 0 saturated heterocycles. The molecule has 174 valence electrons. The van der Waals surface area contributed by atoms with Gasteiger partial charge in [-0.1, -0.05) is 18.2 Å². The lowest BCUT2D eigenvalue weighted by molar-refractivity contribution is 0.0954. The fourth-order valence-corrected chi connectivity index (χ4v) is 4.59. The summed E-state index contributed by atoms with van der Waals surface area (Å²) in [4.78, 5) is 12.7. The van der Waals surface area contributed by atoms with Gasteiger partial charge in [0.15, 0.2) is 0 Å². The van der Waals surface area contributed by atoms with Gasteiger partial charge in [-0.3, -0.25) is 9.52 Å². The molecule has 0 radical (unpaired) electrons. The van der Waals surface area contributed by atoms with Crippen LogP contribution in [-0.4, -0.2) is 30.7 Å². The Hall–Kier alpha value is -3.91. The van der Waals surface area contributed by atoms with Crippen LogP contribution in [0.25, 0.3) is 5.69 Å². The van der Waals surface area contributed by atoms with Crippen LogP contribution in [0.2, 0.25) is 0 Å². The van der Waals surface area contributed by atoms with Crippen molar-refractivity contribution >= 4 is 21.6 Å². The highest BCUT2D eigenvalue weighted by Crippen LogP contribution is 2.19. The number of sulfonamides is 1. The number of amides is 1. The number of nitrogens with zero attached hydrogens (tertiary/aromatic N) is 2. The molecule has 4 rings (SSSR count). The predicted octanol–water partition coefficient (Wildman–Crippen LogP) is 4.26. The summed E-state index contributed by atoms with van der Waals surface area (Å²) in [6.45, 7) is 4.29. The van der Waals surface area contributed by atoms with Crippen LogP contribution in [0, 0.1) is 13.8 Å². The lowest BCUT2D eigenvalue weighted by Crippen LogP contribution is -2.25. The number of rotatable bonds is 8. The van der Waals surface area contributed by atoms with Gasteiger partial charge in [0, 0.05) is 30.2 Å². The zero-order valence-electron chi connectivity index (χ0n) is 19.0. The third-order valence-corrected chi connectivity index (χ3v) is 6.97. The van der Waals surface area contributed by atoms with Crippen LogP contribution in [0.15, 0.2) is 90.1 Å². The summed E-state index contributed by atoms with van der Waals surface area (Å²) >= 11 is 0. The molecule has 0 bridgehead atoms. The van der Waals surface area contributed by atoms with E-state index in [1.54, 1.807) is 53.3 Å². The zero-order valence-corrected chi connectivity index (χ0v) is 19.8. The van der Waals surface area contributed by atoms with Crippen molar-refractivity contribution in [3.63, 3.8) is 0 Å². The lowest BCUT2D eigenvalue weighted by atomic mass is 10.1. The highest BCUT2D eigenvalue weighted by molar-refractivity contribution is 7.92. The Bertz CT molecular complexity index is 1380. The van der Waals surface area contributed by atoms with Crippen molar-refractivity contribution in [3.8, 4) is 5.69 Å². The van der Waals surface area contributed by atoms with Crippen molar-refractivity contribution in [3.05, 3.63) is 107 Å². The van der Waals surface area contributed by atoms with Crippen LogP contribution in [0.1, 0.15) is 27.0 Å². The van der Waals surface area contributed by atoms with Gasteiger partial charge in [0.05, 0.1) is 10.6 Å². The monoisotopic (exact) mass is 474 g/mol. The van der Waals surface area contributed by atoms with Crippen LogP contribution in [0.5, 0.6) is 0 Å². The predicted molar refractivity (Wildman–Crippen MR) is 133 cm³/mol. The average Bonchev–Trinajstić information content (AvgIpc) is 3.36. The van der Waals surface area contributed by atoms with Crippen LogP contribution < -0.4 is 10.0 Å². The highest BCUT2D eigenvalue weighted by atomic mass is 32.2. The summed E-state index contributed by atoms with van der Waals surface area (Å²) in [5.41, 5.74) is 4.87. The van der Waals surface area contributed by atoms with E-state index in [-0.39, 0.29) is 10.8 Å². The minimum Gasteiger partial charge on any atom is -0.352 e. The summed E-state index contributed by atoms with van der Waals surface area (Å²) in [6.07, 6.45) is 4.31. The van der Waals surface area contributed by atoms with E-state index in [1.165, 1.54) is 0 Å². The van der Waals surface area contributed by atoms with Gasteiger partial charge >= 0.3 is 0 Å². The molecule has 3 aromatic carbocycles. The van der Waals surface area contributed by atoms with E-state index in [9.17, 15) is 13.2 Å². The second-order valence-electron chi connectivity index (χ2n) is 8.05. The Morgan fingerprint density at radius 3 is 2.32 bits per heavy atom. The Labute approximate surface area is 199 Å². The maximum atomic E-state index is 12.7. The van der Waals surface area contributed by atoms with E-state index in [0.717, 1.165) is 22.4 Å². The first kappa shape index (κ1) is 23.3. The summed E-state index contributed by atoms with van der Waals surface area (Å²) in [5.74, 6) is -0.211. The van der Waals surface area contributed by atoms with E-state index in [2.05, 4.69) is 15.1 Å². The summed E-state index contributed by atoms with van der Waals surface area (Å²) in [6, 6.07) is 21.3. The van der Waals surface area contributed by atoms with E-state index >= 15 is 0 Å². The molecule has 34 heavy (non-hydrogen) atoms. The molecule has 1 aromatic heterocycles. The normalized spacial score (nSPS) is 11.2. The highest BCUT2D eigenvalue weighted by Gasteiger charge is 2.15. The number of benzene rings is 3. The molecule has 7 nitrogen and oxygen atoms in total. The Balaban J connectivity index is 1.31. The number of aryl methyl sites for hydroxylation is 2. The van der Waals surface area contributed by atoms with E-state index in [4.69, 9.17) is 0 Å². The standard InChI is InChI=1S/C26H26N4O3S/c1-19-4-13-25(18-20(19)2)34(32,33)29-23-9-7-22(8-10-23)26(31)27-16-14-21-5-11-24(12-6-21)30-17-3-15-28-30/h3-13,15,17-18,29H,14,16H2,1-2H3,(H,27,31). The molecule has 0 spiro atoms. The summed E-state index contributed by atoms with van der Waals surface area (Å²) < 4.78 is 29.7. The molecule has 0 atom stereocenters. The van der Waals surface area contributed by atoms with Crippen molar-refractivity contribution in [1.82, 2.24) is 15.1 Å². The first-order valence-electron chi connectivity index (χ1n) is 10.9. The molecule has 0 aliphatic carbocycles. The third-order valence-electron chi connectivity index (χ3n) is 5.59. The molecular weight excluding hydrogens is 448 g/mol. The molecule has 2 N–H and O–H groups in total. The molecule has 0 unspecified atom stereocenters. The molecule has 0 aliphatic heterocycles. The topological polar surface area (TPSA) is 93.1 Å².